The standard InChI is InChI=1S/C26H19FN10O/c1-13(22-17-6-5-15(27)10-19(17)37(34-22)16-3-2-8-30-11-16)36-25-21(24(28)31-12-32-25)23(35-36)14-4-7-20-18(9-14)33-26(29)38-20/h2-13H,1H3,(H2,29,33)(H2,28,31,32). The number of oxazole rings is 1. The highest BCUT2D eigenvalue weighted by molar-refractivity contribution is 5.99. The number of rotatable bonds is 4. The average Bonchev–Trinajstić information content (AvgIpc) is 3.61. The van der Waals surface area contributed by atoms with Crippen LogP contribution in [0.25, 0.3) is 50.0 Å². The van der Waals surface area contributed by atoms with E-state index >= 15 is 0 Å². The van der Waals surface area contributed by atoms with Gasteiger partial charge in [0.25, 0.3) is 6.01 Å². The van der Waals surface area contributed by atoms with Crippen molar-refractivity contribution in [1.82, 2.24) is 39.5 Å². The van der Waals surface area contributed by atoms with E-state index in [-0.39, 0.29) is 17.6 Å². The third-order valence-corrected chi connectivity index (χ3v) is 6.52. The van der Waals surface area contributed by atoms with Crippen molar-refractivity contribution < 1.29 is 8.81 Å². The molecule has 0 bridgehead atoms. The molecule has 0 radical (unpaired) electrons. The number of benzene rings is 2. The zero-order valence-electron chi connectivity index (χ0n) is 19.9. The van der Waals surface area contributed by atoms with Crippen LogP contribution in [0.2, 0.25) is 0 Å². The summed E-state index contributed by atoms with van der Waals surface area (Å²) in [4.78, 5) is 17.1. The van der Waals surface area contributed by atoms with E-state index in [9.17, 15) is 4.39 Å². The molecule has 38 heavy (non-hydrogen) atoms. The van der Waals surface area contributed by atoms with Crippen molar-refractivity contribution in [3.63, 3.8) is 0 Å². The fraction of sp³-hybridized carbons (Fsp3) is 0.0769. The van der Waals surface area contributed by atoms with Gasteiger partial charge in [0.05, 0.1) is 34.5 Å². The van der Waals surface area contributed by atoms with Crippen LogP contribution in [0.3, 0.4) is 0 Å². The normalized spacial score (nSPS) is 12.6. The molecule has 186 valence electrons. The molecule has 7 rings (SSSR count). The summed E-state index contributed by atoms with van der Waals surface area (Å²) in [7, 11) is 0. The largest absolute Gasteiger partial charge is 0.424 e. The first kappa shape index (κ1) is 21.9. The van der Waals surface area contributed by atoms with Crippen LogP contribution in [0.5, 0.6) is 0 Å². The van der Waals surface area contributed by atoms with Gasteiger partial charge in [0.1, 0.15) is 29.2 Å². The van der Waals surface area contributed by atoms with E-state index in [1.807, 2.05) is 25.1 Å². The minimum atomic E-state index is -0.405. The molecule has 0 aliphatic carbocycles. The third kappa shape index (κ3) is 3.27. The number of pyridine rings is 1. The molecule has 0 aliphatic heterocycles. The van der Waals surface area contributed by atoms with Crippen molar-refractivity contribution in [2.75, 3.05) is 11.5 Å². The molecule has 0 saturated carbocycles. The quantitative estimate of drug-likeness (QED) is 0.356. The van der Waals surface area contributed by atoms with E-state index < -0.39 is 6.04 Å². The molecule has 11 nitrogen and oxygen atoms in total. The van der Waals surface area contributed by atoms with Crippen molar-refractivity contribution in [3.05, 3.63) is 78.8 Å². The van der Waals surface area contributed by atoms with E-state index in [0.29, 0.717) is 44.7 Å². The fourth-order valence-corrected chi connectivity index (χ4v) is 4.77. The summed E-state index contributed by atoms with van der Waals surface area (Å²) in [6, 6.07) is 13.4. The molecule has 4 N–H and O–H groups in total. The van der Waals surface area contributed by atoms with Gasteiger partial charge in [-0.05, 0) is 49.4 Å². The number of halogens is 1. The second-order valence-electron chi connectivity index (χ2n) is 8.83. The number of fused-ring (bicyclic) bond motifs is 3. The lowest BCUT2D eigenvalue weighted by atomic mass is 10.1. The number of nitrogen functional groups attached to an aromatic ring is 2. The molecule has 5 aromatic heterocycles. The van der Waals surface area contributed by atoms with Gasteiger partial charge < -0.3 is 15.9 Å². The summed E-state index contributed by atoms with van der Waals surface area (Å²) in [5.41, 5.74) is 17.1. The lowest BCUT2D eigenvalue weighted by Crippen LogP contribution is -2.11. The Bertz CT molecular complexity index is 1990. The number of hydrogen-bond acceptors (Lipinski definition) is 9. The van der Waals surface area contributed by atoms with E-state index in [2.05, 4.69) is 19.9 Å². The van der Waals surface area contributed by atoms with Gasteiger partial charge in [-0.15, -0.1) is 0 Å². The summed E-state index contributed by atoms with van der Waals surface area (Å²) in [5.74, 6) is -0.0750. The van der Waals surface area contributed by atoms with Gasteiger partial charge >= 0.3 is 0 Å². The lowest BCUT2D eigenvalue weighted by molar-refractivity contribution is 0.564. The van der Waals surface area contributed by atoms with E-state index in [0.717, 1.165) is 10.9 Å². The third-order valence-electron chi connectivity index (χ3n) is 6.52. The van der Waals surface area contributed by atoms with Crippen LogP contribution in [0, 0.1) is 5.82 Å². The highest BCUT2D eigenvalue weighted by Crippen LogP contribution is 2.36. The van der Waals surface area contributed by atoms with Crippen molar-refractivity contribution in [2.45, 2.75) is 13.0 Å². The van der Waals surface area contributed by atoms with Gasteiger partial charge in [0, 0.05) is 23.2 Å². The van der Waals surface area contributed by atoms with E-state index in [1.54, 1.807) is 40.0 Å². The number of anilines is 2. The number of nitrogens with two attached hydrogens (primary N) is 2. The summed E-state index contributed by atoms with van der Waals surface area (Å²) in [5, 5.41) is 11.2. The average molecular weight is 507 g/mol. The molecule has 12 heteroatoms. The van der Waals surface area contributed by atoms with Crippen molar-refractivity contribution in [2.24, 2.45) is 0 Å². The monoisotopic (exact) mass is 506 g/mol. The van der Waals surface area contributed by atoms with Crippen LogP contribution in [0.4, 0.5) is 16.2 Å². The molecule has 1 atom stereocenters. The highest BCUT2D eigenvalue weighted by atomic mass is 19.1. The Kier molecular flexibility index (Phi) is 4.64. The van der Waals surface area contributed by atoms with Crippen LogP contribution in [-0.2, 0) is 0 Å². The SMILES string of the molecule is CC(c1nn(-c2cccnc2)c2cc(F)ccc12)n1nc(-c2ccc3oc(N)nc3c2)c2c(N)ncnc21. The van der Waals surface area contributed by atoms with E-state index in [1.165, 1.54) is 18.5 Å². The summed E-state index contributed by atoms with van der Waals surface area (Å²) >= 11 is 0. The molecule has 0 spiro atoms. The molecule has 0 amide bonds. The molecule has 0 fully saturated rings. The predicted octanol–water partition coefficient (Wildman–Crippen LogP) is 4.28. The molecule has 2 aromatic carbocycles. The van der Waals surface area contributed by atoms with Gasteiger partial charge in [0.15, 0.2) is 11.2 Å². The summed E-state index contributed by atoms with van der Waals surface area (Å²) in [6.45, 7) is 1.95. The molecular formula is C26H19FN10O. The fourth-order valence-electron chi connectivity index (χ4n) is 4.77. The number of nitrogens with zero attached hydrogens (tertiary/aromatic N) is 8. The van der Waals surface area contributed by atoms with Crippen LogP contribution in [0.1, 0.15) is 18.7 Å². The van der Waals surface area contributed by atoms with Crippen LogP contribution in [0.15, 0.2) is 71.7 Å². The summed E-state index contributed by atoms with van der Waals surface area (Å²) in [6.07, 6.45) is 4.75. The van der Waals surface area contributed by atoms with Crippen LogP contribution in [-0.4, -0.2) is 39.5 Å². The van der Waals surface area contributed by atoms with Crippen molar-refractivity contribution in [1.29, 1.82) is 0 Å². The molecule has 1 unspecified atom stereocenters. The second-order valence-corrected chi connectivity index (χ2v) is 8.83. The first-order chi connectivity index (χ1) is 18.5. The Labute approximate surface area is 213 Å². The topological polar surface area (TPSA) is 152 Å². The van der Waals surface area contributed by atoms with E-state index in [4.69, 9.17) is 26.1 Å². The molecule has 0 saturated heterocycles. The number of aromatic nitrogens is 8. The minimum absolute atomic E-state index is 0.0801. The Morgan fingerprint density at radius 3 is 2.76 bits per heavy atom. The zero-order valence-corrected chi connectivity index (χ0v) is 19.9. The maximum atomic E-state index is 14.3. The molecule has 5 heterocycles. The zero-order chi connectivity index (χ0) is 26.0. The maximum absolute atomic E-state index is 14.3. The smallest absolute Gasteiger partial charge is 0.292 e. The molecular weight excluding hydrogens is 487 g/mol. The van der Waals surface area contributed by atoms with Gasteiger partial charge in [-0.25, -0.2) is 23.7 Å². The first-order valence-corrected chi connectivity index (χ1v) is 11.7. The van der Waals surface area contributed by atoms with Crippen molar-refractivity contribution in [3.8, 4) is 16.9 Å². The molecule has 0 aliphatic rings. The molecule has 7 aromatic rings. The Balaban J connectivity index is 1.44. The van der Waals surface area contributed by atoms with Gasteiger partial charge in [-0.3, -0.25) is 4.98 Å². The number of hydrogen-bond donors (Lipinski definition) is 2. The lowest BCUT2D eigenvalue weighted by Gasteiger charge is -2.11. The first-order valence-electron chi connectivity index (χ1n) is 11.7. The van der Waals surface area contributed by atoms with Gasteiger partial charge in [-0.1, -0.05) is 0 Å². The van der Waals surface area contributed by atoms with Crippen molar-refractivity contribution >= 4 is 44.9 Å². The van der Waals surface area contributed by atoms with Crippen LogP contribution < -0.4 is 11.5 Å². The highest BCUT2D eigenvalue weighted by Gasteiger charge is 2.25. The predicted molar refractivity (Wildman–Crippen MR) is 140 cm³/mol. The summed E-state index contributed by atoms with van der Waals surface area (Å²) < 4.78 is 23.1. The second kappa shape index (κ2) is 8.06. The minimum Gasteiger partial charge on any atom is -0.424 e. The van der Waals surface area contributed by atoms with Gasteiger partial charge in [0.2, 0.25) is 0 Å². The van der Waals surface area contributed by atoms with Crippen LogP contribution >= 0.6 is 0 Å². The Hall–Kier alpha value is -5.39. The Morgan fingerprint density at radius 1 is 1.03 bits per heavy atom. The maximum Gasteiger partial charge on any atom is 0.292 e. The Morgan fingerprint density at radius 2 is 1.92 bits per heavy atom. The van der Waals surface area contributed by atoms with Gasteiger partial charge in [-0.2, -0.15) is 15.2 Å².